The predicted octanol–water partition coefficient (Wildman–Crippen LogP) is 3.68. The number of nitrogens with one attached hydrogen (secondary N) is 2. The lowest BCUT2D eigenvalue weighted by molar-refractivity contribution is -0.120. The number of nitriles is 1. The molecule has 2 bridgehead atoms. The summed E-state index contributed by atoms with van der Waals surface area (Å²) in [5.74, 6) is -0.709. The lowest BCUT2D eigenvalue weighted by Crippen LogP contribution is -2.67. The molecule has 0 aromatic heterocycles. The summed E-state index contributed by atoms with van der Waals surface area (Å²) in [6.45, 7) is 0. The van der Waals surface area contributed by atoms with E-state index in [9.17, 15) is 27.7 Å². The van der Waals surface area contributed by atoms with Crippen LogP contribution in [0, 0.1) is 23.1 Å². The van der Waals surface area contributed by atoms with Crippen molar-refractivity contribution in [2.75, 3.05) is 0 Å². The number of ketones is 1. The third kappa shape index (κ3) is 5.37. The topological polar surface area (TPSA) is 116 Å². The minimum Gasteiger partial charge on any atom is -0.342 e. The number of hydrogen-bond donors (Lipinski definition) is 2. The molecule has 0 spiro atoms. The number of halogens is 1. The van der Waals surface area contributed by atoms with Gasteiger partial charge in [-0.1, -0.05) is 36.4 Å². The normalized spacial score (nSPS) is 20.4. The van der Waals surface area contributed by atoms with Crippen LogP contribution in [0.1, 0.15) is 46.3 Å². The molecule has 0 aliphatic heterocycles. The molecular weight excluding hydrogens is 505 g/mol. The Morgan fingerprint density at radius 3 is 2.29 bits per heavy atom. The van der Waals surface area contributed by atoms with Crippen LogP contribution in [0.25, 0.3) is 0 Å². The highest BCUT2D eigenvalue weighted by molar-refractivity contribution is 7.89. The van der Waals surface area contributed by atoms with Crippen molar-refractivity contribution in [1.29, 1.82) is 5.26 Å². The van der Waals surface area contributed by atoms with Gasteiger partial charge in [0.05, 0.1) is 16.5 Å². The Bertz CT molecular complexity index is 1520. The molecule has 3 fully saturated rings. The molecule has 1 amide bonds. The van der Waals surface area contributed by atoms with Crippen molar-refractivity contribution in [2.24, 2.45) is 5.92 Å². The smallest absolute Gasteiger partial charge is 0.251 e. The zero-order chi connectivity index (χ0) is 26.9. The molecule has 0 heterocycles. The average Bonchev–Trinajstić information content (AvgIpc) is 2.86. The molecule has 3 aliphatic carbocycles. The van der Waals surface area contributed by atoms with Gasteiger partial charge < -0.3 is 5.32 Å². The van der Waals surface area contributed by atoms with Crippen LogP contribution in [0.15, 0.2) is 77.7 Å². The maximum Gasteiger partial charge on any atom is 0.251 e. The largest absolute Gasteiger partial charge is 0.342 e. The third-order valence-electron chi connectivity index (χ3n) is 7.30. The highest BCUT2D eigenvalue weighted by Gasteiger charge is 2.58. The van der Waals surface area contributed by atoms with Crippen LogP contribution in [0.2, 0.25) is 0 Å². The molecule has 6 rings (SSSR count). The van der Waals surface area contributed by atoms with Gasteiger partial charge in [-0.15, -0.1) is 0 Å². The molecule has 3 aromatic rings. The number of carbonyl (C=O) groups excluding carboxylic acids is 2. The Kier molecular flexibility index (Phi) is 6.86. The lowest BCUT2D eigenvalue weighted by atomic mass is 9.50. The minimum atomic E-state index is -3.88. The Morgan fingerprint density at radius 2 is 1.68 bits per heavy atom. The van der Waals surface area contributed by atoms with Gasteiger partial charge in [0.1, 0.15) is 11.9 Å². The number of benzene rings is 3. The van der Waals surface area contributed by atoms with Gasteiger partial charge in [-0.2, -0.15) is 5.26 Å². The highest BCUT2D eigenvalue weighted by atomic mass is 32.2. The van der Waals surface area contributed by atoms with Crippen molar-refractivity contribution in [3.8, 4) is 6.07 Å². The summed E-state index contributed by atoms with van der Waals surface area (Å²) in [5.41, 5.74) is 1.10. The molecule has 1 atom stereocenters. The van der Waals surface area contributed by atoms with Gasteiger partial charge in [0.15, 0.2) is 5.78 Å². The summed E-state index contributed by atoms with van der Waals surface area (Å²) in [4.78, 5) is 26.1. The van der Waals surface area contributed by atoms with E-state index in [2.05, 4.69) is 10.0 Å². The number of sulfonamides is 1. The number of carbonyl (C=O) groups is 2. The summed E-state index contributed by atoms with van der Waals surface area (Å²) in [6.07, 6.45) is 2.60. The fourth-order valence-corrected chi connectivity index (χ4v) is 6.79. The van der Waals surface area contributed by atoms with Gasteiger partial charge in [0.25, 0.3) is 5.91 Å². The van der Waals surface area contributed by atoms with E-state index >= 15 is 0 Å². The van der Waals surface area contributed by atoms with Crippen LogP contribution in [0.4, 0.5) is 4.39 Å². The summed E-state index contributed by atoms with van der Waals surface area (Å²) >= 11 is 0. The van der Waals surface area contributed by atoms with Gasteiger partial charge >= 0.3 is 0 Å². The number of hydrogen-bond acceptors (Lipinski definition) is 5. The number of rotatable bonds is 10. The fourth-order valence-electron chi connectivity index (χ4n) is 5.21. The summed E-state index contributed by atoms with van der Waals surface area (Å²) in [6, 6.07) is 19.6. The van der Waals surface area contributed by atoms with Gasteiger partial charge in [-0.25, -0.2) is 17.5 Å². The number of Topliss-reactive ketones (excluding diaryl/α,β-unsaturated/α-hetero) is 1. The van der Waals surface area contributed by atoms with Gasteiger partial charge in [-0.3, -0.25) is 9.59 Å². The van der Waals surface area contributed by atoms with E-state index < -0.39 is 27.8 Å². The third-order valence-corrected chi connectivity index (χ3v) is 8.94. The second-order valence-corrected chi connectivity index (χ2v) is 11.8. The predicted molar refractivity (Wildman–Crippen MR) is 138 cm³/mol. The van der Waals surface area contributed by atoms with Crippen LogP contribution >= 0.6 is 0 Å². The van der Waals surface area contributed by atoms with Crippen molar-refractivity contribution in [3.63, 3.8) is 0 Å². The summed E-state index contributed by atoms with van der Waals surface area (Å²) in [5, 5.41) is 12.4. The van der Waals surface area contributed by atoms with E-state index in [1.165, 1.54) is 42.5 Å². The second-order valence-electron chi connectivity index (χ2n) is 10.2. The molecule has 2 N–H and O–H groups in total. The van der Waals surface area contributed by atoms with Crippen LogP contribution in [0.3, 0.4) is 0 Å². The average molecular weight is 532 g/mol. The molecule has 3 aliphatic rings. The first kappa shape index (κ1) is 25.8. The molecule has 3 saturated carbocycles. The van der Waals surface area contributed by atoms with Crippen LogP contribution in [-0.4, -0.2) is 31.7 Å². The zero-order valence-electron chi connectivity index (χ0n) is 20.5. The van der Waals surface area contributed by atoms with Crippen molar-refractivity contribution >= 4 is 21.7 Å². The van der Waals surface area contributed by atoms with Crippen molar-refractivity contribution in [3.05, 3.63) is 101 Å². The Balaban J connectivity index is 1.34. The molecule has 0 radical (unpaired) electrons. The molecule has 194 valence electrons. The van der Waals surface area contributed by atoms with Crippen LogP contribution in [-0.2, 0) is 27.7 Å². The first-order chi connectivity index (χ1) is 18.2. The minimum absolute atomic E-state index is 0.0376. The first-order valence-corrected chi connectivity index (χ1v) is 13.8. The maximum absolute atomic E-state index is 13.4. The van der Waals surface area contributed by atoms with E-state index in [0.29, 0.717) is 11.5 Å². The maximum atomic E-state index is 13.4. The second kappa shape index (κ2) is 10.1. The first-order valence-electron chi connectivity index (χ1n) is 12.4. The SMILES string of the molecule is N#Cc1cc(CC(=O)[C@H](Cc2ccccc2)NC(=O)c2ccc(F)cc2)ccc1S(=O)(=O)NC12CC(C1)C2. The molecule has 7 nitrogen and oxygen atoms in total. The van der Waals surface area contributed by atoms with Gasteiger partial charge in [0.2, 0.25) is 10.0 Å². The van der Waals surface area contributed by atoms with E-state index in [4.69, 9.17) is 0 Å². The highest BCUT2D eigenvalue weighted by Crippen LogP contribution is 2.57. The number of amides is 1. The molecular formula is C29H26FN3O4S. The Hall–Kier alpha value is -3.87. The molecule has 3 aromatic carbocycles. The Morgan fingerprint density at radius 1 is 1.00 bits per heavy atom. The van der Waals surface area contributed by atoms with Crippen molar-refractivity contribution in [2.45, 2.75) is 48.6 Å². The molecule has 0 saturated heterocycles. The lowest BCUT2D eigenvalue weighted by Gasteiger charge is -2.61. The van der Waals surface area contributed by atoms with Crippen molar-refractivity contribution < 1.29 is 22.4 Å². The van der Waals surface area contributed by atoms with Crippen LogP contribution < -0.4 is 10.0 Å². The number of nitrogens with zero attached hydrogens (tertiary/aromatic N) is 1. The van der Waals surface area contributed by atoms with Crippen molar-refractivity contribution in [1.82, 2.24) is 10.0 Å². The van der Waals surface area contributed by atoms with E-state index in [0.717, 1.165) is 24.8 Å². The molecule has 9 heteroatoms. The summed E-state index contributed by atoms with van der Waals surface area (Å²) in [7, 11) is -3.88. The quantitative estimate of drug-likeness (QED) is 0.414. The van der Waals surface area contributed by atoms with E-state index in [1.54, 1.807) is 0 Å². The van der Waals surface area contributed by atoms with Gasteiger partial charge in [0, 0.05) is 17.5 Å². The van der Waals surface area contributed by atoms with E-state index in [1.807, 2.05) is 36.4 Å². The standard InChI is InChI=1S/C29H26FN3O4S/c30-24-9-7-22(8-10-24)28(35)32-25(13-19-4-2-1-3-5-19)26(34)14-20-6-11-27(23(12-20)18-31)38(36,37)33-29-15-21(16-29)17-29/h1-12,21,25,33H,13-17H2,(H,32,35)/t21?,25-,29?/m0/s1. The Labute approximate surface area is 220 Å². The monoisotopic (exact) mass is 531 g/mol. The van der Waals surface area contributed by atoms with Gasteiger partial charge in [-0.05, 0) is 79.1 Å². The van der Waals surface area contributed by atoms with E-state index in [-0.39, 0.29) is 40.2 Å². The molecule has 0 unspecified atom stereocenters. The fraction of sp³-hybridized carbons (Fsp3) is 0.276. The summed E-state index contributed by atoms with van der Waals surface area (Å²) < 4.78 is 42.0. The van der Waals surface area contributed by atoms with Crippen LogP contribution in [0.5, 0.6) is 0 Å². The zero-order valence-corrected chi connectivity index (χ0v) is 21.3. The molecule has 38 heavy (non-hydrogen) atoms.